The molecule has 0 aromatic heterocycles. The van der Waals surface area contributed by atoms with Gasteiger partial charge in [0.15, 0.2) is 0 Å². The molecule has 0 unspecified atom stereocenters. The number of rotatable bonds is 4. The number of para-hydroxylation sites is 1. The molecule has 0 aliphatic heterocycles. The van der Waals surface area contributed by atoms with Crippen LogP contribution in [0.15, 0.2) is 24.3 Å². The Hall–Kier alpha value is -1.02. The van der Waals surface area contributed by atoms with Crippen molar-refractivity contribution in [1.29, 1.82) is 0 Å². The van der Waals surface area contributed by atoms with Gasteiger partial charge >= 0.3 is 0 Å². The van der Waals surface area contributed by atoms with E-state index in [1.165, 1.54) is 0 Å². The first-order valence-electron chi connectivity index (χ1n) is 5.45. The van der Waals surface area contributed by atoms with Crippen LogP contribution in [-0.4, -0.2) is 11.7 Å². The van der Waals surface area contributed by atoms with Crippen LogP contribution in [0, 0.1) is 5.41 Å². The molecule has 0 heterocycles. The first-order valence-corrected chi connectivity index (χ1v) is 5.45. The summed E-state index contributed by atoms with van der Waals surface area (Å²) in [6.45, 7) is 7.73. The van der Waals surface area contributed by atoms with Gasteiger partial charge in [0, 0.05) is 17.8 Å². The molecule has 0 aliphatic rings. The van der Waals surface area contributed by atoms with Crippen LogP contribution in [0.25, 0.3) is 0 Å². The second-order valence-corrected chi connectivity index (χ2v) is 5.05. The fraction of sp³-hybridized carbons (Fsp3) is 0.538. The molecule has 0 aliphatic carbocycles. The number of benzene rings is 1. The summed E-state index contributed by atoms with van der Waals surface area (Å²) in [6.07, 6.45) is 1.12. The monoisotopic (exact) mass is 207 g/mol. The molecule has 1 aromatic rings. The summed E-state index contributed by atoms with van der Waals surface area (Å²) in [6, 6.07) is 7.88. The van der Waals surface area contributed by atoms with Gasteiger partial charge in [-0.15, -0.1) is 0 Å². The lowest BCUT2D eigenvalue weighted by molar-refractivity contribution is 0.282. The average molecular weight is 207 g/mol. The van der Waals surface area contributed by atoms with Crippen molar-refractivity contribution in [2.24, 2.45) is 5.41 Å². The van der Waals surface area contributed by atoms with Crippen LogP contribution in [-0.2, 0) is 6.61 Å². The minimum atomic E-state index is 0.0959. The lowest BCUT2D eigenvalue weighted by atomic mass is 9.92. The number of aliphatic hydroxyl groups excluding tert-OH is 1. The van der Waals surface area contributed by atoms with Crippen molar-refractivity contribution in [3.8, 4) is 0 Å². The van der Waals surface area contributed by atoms with Gasteiger partial charge in [-0.1, -0.05) is 39.0 Å². The molecule has 2 heteroatoms. The van der Waals surface area contributed by atoms with E-state index in [9.17, 15) is 0 Å². The van der Waals surface area contributed by atoms with Crippen LogP contribution in [0.4, 0.5) is 5.69 Å². The van der Waals surface area contributed by atoms with Crippen molar-refractivity contribution >= 4 is 5.69 Å². The Morgan fingerprint density at radius 2 is 1.87 bits per heavy atom. The Bertz CT molecular complexity index is 302. The quantitative estimate of drug-likeness (QED) is 0.795. The van der Waals surface area contributed by atoms with E-state index in [1.54, 1.807) is 0 Å². The van der Waals surface area contributed by atoms with Gasteiger partial charge in [0.25, 0.3) is 0 Å². The Balaban J connectivity index is 2.50. The molecule has 2 N–H and O–H groups in total. The molecule has 0 fully saturated rings. The maximum atomic E-state index is 9.14. The van der Waals surface area contributed by atoms with E-state index < -0.39 is 0 Å². The molecular weight excluding hydrogens is 186 g/mol. The smallest absolute Gasteiger partial charge is 0.0701 e. The highest BCUT2D eigenvalue weighted by Crippen LogP contribution is 2.20. The fourth-order valence-corrected chi connectivity index (χ4v) is 1.40. The van der Waals surface area contributed by atoms with E-state index in [0.717, 1.165) is 24.2 Å². The molecule has 0 radical (unpaired) electrons. The number of hydrogen-bond donors (Lipinski definition) is 2. The molecule has 15 heavy (non-hydrogen) atoms. The third kappa shape index (κ3) is 4.34. The molecule has 0 atom stereocenters. The number of anilines is 1. The Morgan fingerprint density at radius 1 is 1.20 bits per heavy atom. The van der Waals surface area contributed by atoms with Crippen LogP contribution in [0.1, 0.15) is 32.8 Å². The summed E-state index contributed by atoms with van der Waals surface area (Å²) in [5.41, 5.74) is 2.36. The zero-order chi connectivity index (χ0) is 11.3. The highest BCUT2D eigenvalue weighted by Gasteiger charge is 2.09. The summed E-state index contributed by atoms with van der Waals surface area (Å²) in [5.74, 6) is 0. The molecule has 0 saturated heterocycles. The van der Waals surface area contributed by atoms with Crippen LogP contribution in [0.5, 0.6) is 0 Å². The van der Waals surface area contributed by atoms with Crippen molar-refractivity contribution in [1.82, 2.24) is 0 Å². The molecule has 0 amide bonds. The Labute approximate surface area is 92.3 Å². The van der Waals surface area contributed by atoms with Gasteiger partial charge in [0.2, 0.25) is 0 Å². The van der Waals surface area contributed by atoms with Gasteiger partial charge in [-0.05, 0) is 17.9 Å². The van der Waals surface area contributed by atoms with E-state index in [2.05, 4.69) is 26.1 Å². The van der Waals surface area contributed by atoms with Crippen molar-refractivity contribution < 1.29 is 5.11 Å². The molecule has 1 aromatic carbocycles. The number of nitrogens with one attached hydrogen (secondary N) is 1. The second-order valence-electron chi connectivity index (χ2n) is 5.05. The normalized spacial score (nSPS) is 11.5. The standard InChI is InChI=1S/C13H21NO/c1-13(2,3)8-9-14-12-7-5-4-6-11(12)10-15/h4-7,14-15H,8-10H2,1-3H3. The van der Waals surface area contributed by atoms with Gasteiger partial charge in [0.1, 0.15) is 0 Å². The number of aliphatic hydroxyl groups is 1. The Kier molecular flexibility index (Phi) is 4.15. The third-order valence-corrected chi connectivity index (χ3v) is 2.38. The topological polar surface area (TPSA) is 32.3 Å². The first kappa shape index (κ1) is 12.1. The molecule has 0 saturated carbocycles. The van der Waals surface area contributed by atoms with Crippen LogP contribution in [0.2, 0.25) is 0 Å². The van der Waals surface area contributed by atoms with Gasteiger partial charge in [0.05, 0.1) is 6.61 Å². The minimum absolute atomic E-state index is 0.0959. The lowest BCUT2D eigenvalue weighted by Gasteiger charge is -2.19. The van der Waals surface area contributed by atoms with Crippen LogP contribution < -0.4 is 5.32 Å². The minimum Gasteiger partial charge on any atom is -0.392 e. The van der Waals surface area contributed by atoms with E-state index in [4.69, 9.17) is 5.11 Å². The van der Waals surface area contributed by atoms with Gasteiger partial charge in [-0.3, -0.25) is 0 Å². The summed E-state index contributed by atoms with van der Waals surface area (Å²) in [4.78, 5) is 0. The molecule has 1 rings (SSSR count). The van der Waals surface area contributed by atoms with Crippen molar-refractivity contribution in [3.05, 3.63) is 29.8 Å². The van der Waals surface area contributed by atoms with Crippen molar-refractivity contribution in [2.75, 3.05) is 11.9 Å². The van der Waals surface area contributed by atoms with Crippen molar-refractivity contribution in [3.63, 3.8) is 0 Å². The average Bonchev–Trinajstić information content (AvgIpc) is 2.16. The van der Waals surface area contributed by atoms with E-state index in [0.29, 0.717) is 5.41 Å². The third-order valence-electron chi connectivity index (χ3n) is 2.38. The maximum absolute atomic E-state index is 9.14. The van der Waals surface area contributed by atoms with Crippen LogP contribution >= 0.6 is 0 Å². The fourth-order valence-electron chi connectivity index (χ4n) is 1.40. The SMILES string of the molecule is CC(C)(C)CCNc1ccccc1CO. The predicted octanol–water partition coefficient (Wildman–Crippen LogP) is 3.03. The van der Waals surface area contributed by atoms with Gasteiger partial charge in [-0.2, -0.15) is 0 Å². The van der Waals surface area contributed by atoms with Crippen LogP contribution in [0.3, 0.4) is 0 Å². The van der Waals surface area contributed by atoms with Gasteiger partial charge in [-0.25, -0.2) is 0 Å². The van der Waals surface area contributed by atoms with E-state index in [-0.39, 0.29) is 6.61 Å². The zero-order valence-electron chi connectivity index (χ0n) is 9.88. The van der Waals surface area contributed by atoms with E-state index in [1.807, 2.05) is 24.3 Å². The maximum Gasteiger partial charge on any atom is 0.0701 e. The summed E-state index contributed by atoms with van der Waals surface area (Å²) in [7, 11) is 0. The highest BCUT2D eigenvalue weighted by molar-refractivity contribution is 5.50. The lowest BCUT2D eigenvalue weighted by Crippen LogP contribution is -2.13. The second kappa shape index (κ2) is 5.17. The van der Waals surface area contributed by atoms with E-state index >= 15 is 0 Å². The number of hydrogen-bond acceptors (Lipinski definition) is 2. The summed E-state index contributed by atoms with van der Waals surface area (Å²) < 4.78 is 0. The summed E-state index contributed by atoms with van der Waals surface area (Å²) in [5, 5.41) is 12.5. The molecule has 2 nitrogen and oxygen atoms in total. The molecule has 84 valence electrons. The van der Waals surface area contributed by atoms with Crippen molar-refractivity contribution in [2.45, 2.75) is 33.8 Å². The van der Waals surface area contributed by atoms with Gasteiger partial charge < -0.3 is 10.4 Å². The predicted molar refractivity (Wildman–Crippen MR) is 64.9 cm³/mol. The Morgan fingerprint density at radius 3 is 2.47 bits per heavy atom. The molecule has 0 bridgehead atoms. The molecular formula is C13H21NO. The summed E-state index contributed by atoms with van der Waals surface area (Å²) >= 11 is 0. The zero-order valence-corrected chi connectivity index (χ0v) is 9.88. The first-order chi connectivity index (χ1) is 7.03. The largest absolute Gasteiger partial charge is 0.392 e. The molecule has 0 spiro atoms. The highest BCUT2D eigenvalue weighted by atomic mass is 16.3.